The van der Waals surface area contributed by atoms with Crippen molar-refractivity contribution in [1.82, 2.24) is 24.4 Å². The van der Waals surface area contributed by atoms with Crippen molar-refractivity contribution in [3.05, 3.63) is 94.9 Å². The Bertz CT molecular complexity index is 1490. The van der Waals surface area contributed by atoms with Crippen LogP contribution in [0.4, 0.5) is 5.82 Å². The number of fused-ring (bicyclic) bond motifs is 1. The third kappa shape index (κ3) is 4.04. The van der Waals surface area contributed by atoms with Gasteiger partial charge in [0.15, 0.2) is 5.82 Å². The molecule has 0 aliphatic heterocycles. The van der Waals surface area contributed by atoms with Crippen molar-refractivity contribution >= 4 is 28.8 Å². The number of carbonyl (C=O) groups excluding carboxylic acids is 1. The molecule has 0 spiro atoms. The quantitative estimate of drug-likeness (QED) is 0.396. The molecule has 4 heterocycles. The Hall–Kier alpha value is -4.17. The number of nitrogens with one attached hydrogen (secondary N) is 1. The van der Waals surface area contributed by atoms with E-state index >= 15 is 0 Å². The van der Waals surface area contributed by atoms with E-state index in [9.17, 15) is 4.79 Å². The molecule has 1 aromatic carbocycles. The molecule has 5 aromatic rings. The molecule has 33 heavy (non-hydrogen) atoms. The summed E-state index contributed by atoms with van der Waals surface area (Å²) in [6.45, 7) is 2.45. The first-order valence-electron chi connectivity index (χ1n) is 10.3. The fraction of sp³-hybridized carbons (Fsp3) is 0.0833. The Morgan fingerprint density at radius 1 is 1.12 bits per heavy atom. The number of rotatable bonds is 6. The molecule has 8 nitrogen and oxygen atoms in total. The van der Waals surface area contributed by atoms with E-state index in [1.807, 2.05) is 67.6 Å². The highest BCUT2D eigenvalue weighted by Gasteiger charge is 2.16. The largest absolute Gasteiger partial charge is 0.365 e. The van der Waals surface area contributed by atoms with E-state index in [4.69, 9.17) is 22.4 Å². The topological polar surface area (TPSA) is 103 Å². The summed E-state index contributed by atoms with van der Waals surface area (Å²) in [4.78, 5) is 16.5. The third-order valence-corrected chi connectivity index (χ3v) is 5.67. The summed E-state index contributed by atoms with van der Waals surface area (Å²) in [5.41, 5.74) is 9.98. The monoisotopic (exact) mass is 457 g/mol. The van der Waals surface area contributed by atoms with E-state index < -0.39 is 5.91 Å². The fourth-order valence-corrected chi connectivity index (χ4v) is 3.85. The lowest BCUT2D eigenvalue weighted by Crippen LogP contribution is -2.10. The molecule has 0 aliphatic carbocycles. The molecule has 0 aliphatic rings. The molecule has 0 radical (unpaired) electrons. The summed E-state index contributed by atoms with van der Waals surface area (Å²) < 4.78 is 3.39. The van der Waals surface area contributed by atoms with Crippen molar-refractivity contribution in [2.45, 2.75) is 13.5 Å². The maximum absolute atomic E-state index is 11.8. The lowest BCUT2D eigenvalue weighted by Gasteiger charge is -2.08. The average Bonchev–Trinajstić information content (AvgIpc) is 3.42. The van der Waals surface area contributed by atoms with Gasteiger partial charge < -0.3 is 11.1 Å². The molecule has 0 atom stereocenters. The number of nitrogens with two attached hydrogens (primary N) is 1. The highest BCUT2D eigenvalue weighted by atomic mass is 35.5. The van der Waals surface area contributed by atoms with Gasteiger partial charge in [-0.2, -0.15) is 5.10 Å². The molecule has 9 heteroatoms. The van der Waals surface area contributed by atoms with Crippen LogP contribution in [-0.4, -0.2) is 30.3 Å². The minimum atomic E-state index is -0.530. The number of halogens is 1. The van der Waals surface area contributed by atoms with Crippen molar-refractivity contribution in [2.24, 2.45) is 5.73 Å². The lowest BCUT2D eigenvalue weighted by molar-refractivity contribution is 0.100. The van der Waals surface area contributed by atoms with Crippen molar-refractivity contribution in [1.29, 1.82) is 0 Å². The van der Waals surface area contributed by atoms with Crippen molar-refractivity contribution < 1.29 is 4.79 Å². The van der Waals surface area contributed by atoms with Gasteiger partial charge in [0.2, 0.25) is 0 Å². The van der Waals surface area contributed by atoms with Crippen molar-refractivity contribution in [3.63, 3.8) is 0 Å². The molecule has 5 rings (SSSR count). The summed E-state index contributed by atoms with van der Waals surface area (Å²) in [7, 11) is 0. The fourth-order valence-electron chi connectivity index (χ4n) is 3.65. The van der Waals surface area contributed by atoms with Crippen molar-refractivity contribution in [3.8, 4) is 17.1 Å². The van der Waals surface area contributed by atoms with Crippen LogP contribution in [0.3, 0.4) is 0 Å². The second kappa shape index (κ2) is 8.40. The molecule has 164 valence electrons. The number of nitrogens with zero attached hydrogens (tertiary/aromatic N) is 5. The number of aromatic nitrogens is 5. The lowest BCUT2D eigenvalue weighted by atomic mass is 10.1. The van der Waals surface area contributed by atoms with Crippen LogP contribution in [0.1, 0.15) is 21.6 Å². The number of hydrogen-bond acceptors (Lipinski definition) is 5. The number of benzene rings is 1. The summed E-state index contributed by atoms with van der Waals surface area (Å²) in [5, 5.41) is 13.0. The first-order chi connectivity index (χ1) is 16.0. The number of primary amides is 1. The maximum Gasteiger partial charge on any atom is 0.252 e. The molecule has 0 bridgehead atoms. The van der Waals surface area contributed by atoms with Gasteiger partial charge in [-0.25, -0.2) is 14.2 Å². The highest BCUT2D eigenvalue weighted by molar-refractivity contribution is 6.31. The van der Waals surface area contributed by atoms with E-state index in [2.05, 4.69) is 15.4 Å². The van der Waals surface area contributed by atoms with E-state index in [-0.39, 0.29) is 0 Å². The van der Waals surface area contributed by atoms with Crippen molar-refractivity contribution in [2.75, 3.05) is 5.32 Å². The van der Waals surface area contributed by atoms with Crippen LogP contribution in [0.2, 0.25) is 5.02 Å². The zero-order valence-electron chi connectivity index (χ0n) is 17.7. The smallest absolute Gasteiger partial charge is 0.252 e. The number of hydrogen-bond donors (Lipinski definition) is 2. The average molecular weight is 458 g/mol. The van der Waals surface area contributed by atoms with Crippen LogP contribution in [0, 0.1) is 6.92 Å². The van der Waals surface area contributed by atoms with Crippen LogP contribution in [0.25, 0.3) is 22.6 Å². The van der Waals surface area contributed by atoms with Gasteiger partial charge >= 0.3 is 0 Å². The third-order valence-electron chi connectivity index (χ3n) is 5.30. The molecule has 1 amide bonds. The van der Waals surface area contributed by atoms with Gasteiger partial charge in [-0.15, -0.1) is 5.10 Å². The van der Waals surface area contributed by atoms with Crippen LogP contribution < -0.4 is 11.1 Å². The SMILES string of the molecule is Cc1cccc(-n2nc(NCc3ccccc3Cl)cc2-c2ccn3ncc(C(N)=O)c3c2)n1. The Morgan fingerprint density at radius 2 is 1.97 bits per heavy atom. The second-order valence-electron chi connectivity index (χ2n) is 7.58. The van der Waals surface area contributed by atoms with Gasteiger partial charge in [-0.3, -0.25) is 4.79 Å². The standard InChI is InChI=1S/C24H20ClN7O/c1-15-5-4-8-23(29-15)32-20(12-22(30-32)27-13-17-6-2-3-7-19(17)25)16-9-10-31-21(11-16)18(14-28-31)24(26)33/h2-12,14H,13H2,1H3,(H2,26,33)(H,27,30). The zero-order chi connectivity index (χ0) is 22.9. The molecule has 3 N–H and O–H groups in total. The molecular formula is C24H20ClN7O. The minimum absolute atomic E-state index is 0.355. The van der Waals surface area contributed by atoms with E-state index in [0.29, 0.717) is 34.3 Å². The Kier molecular flexibility index (Phi) is 5.27. The molecular weight excluding hydrogens is 438 g/mol. The Balaban J connectivity index is 1.59. The van der Waals surface area contributed by atoms with E-state index in [0.717, 1.165) is 22.5 Å². The van der Waals surface area contributed by atoms with Gasteiger partial charge in [0, 0.05) is 35.1 Å². The van der Waals surface area contributed by atoms with Gasteiger partial charge in [0.05, 0.1) is 23.0 Å². The predicted molar refractivity (Wildman–Crippen MR) is 128 cm³/mol. The van der Waals surface area contributed by atoms with E-state index in [1.54, 1.807) is 15.4 Å². The molecule has 0 saturated carbocycles. The predicted octanol–water partition coefficient (Wildman–Crippen LogP) is 4.25. The number of amides is 1. The van der Waals surface area contributed by atoms with Crippen LogP contribution in [-0.2, 0) is 6.54 Å². The second-order valence-corrected chi connectivity index (χ2v) is 7.98. The van der Waals surface area contributed by atoms with Gasteiger partial charge in [0.1, 0.15) is 5.82 Å². The summed E-state index contributed by atoms with van der Waals surface area (Å²) in [5.74, 6) is 0.814. The van der Waals surface area contributed by atoms with Gasteiger partial charge in [-0.1, -0.05) is 35.9 Å². The van der Waals surface area contributed by atoms with Gasteiger partial charge in [0.25, 0.3) is 5.91 Å². The minimum Gasteiger partial charge on any atom is -0.365 e. The van der Waals surface area contributed by atoms with Crippen LogP contribution in [0.5, 0.6) is 0 Å². The first-order valence-corrected chi connectivity index (χ1v) is 10.7. The number of pyridine rings is 2. The van der Waals surface area contributed by atoms with E-state index in [1.165, 1.54) is 6.20 Å². The normalized spacial score (nSPS) is 11.1. The number of aryl methyl sites for hydroxylation is 1. The molecule has 0 saturated heterocycles. The first kappa shape index (κ1) is 20.7. The maximum atomic E-state index is 11.8. The summed E-state index contributed by atoms with van der Waals surface area (Å²) in [6.07, 6.45) is 3.26. The zero-order valence-corrected chi connectivity index (χ0v) is 18.5. The molecule has 4 aromatic heterocycles. The Morgan fingerprint density at radius 3 is 2.76 bits per heavy atom. The molecule has 0 unspecified atom stereocenters. The summed E-state index contributed by atoms with van der Waals surface area (Å²) in [6, 6.07) is 19.1. The molecule has 0 fully saturated rings. The van der Waals surface area contributed by atoms with Crippen LogP contribution >= 0.6 is 11.6 Å². The van der Waals surface area contributed by atoms with Gasteiger partial charge in [-0.05, 0) is 42.8 Å². The Labute approximate surface area is 194 Å². The number of anilines is 1. The van der Waals surface area contributed by atoms with Crippen LogP contribution in [0.15, 0.2) is 73.1 Å². The highest BCUT2D eigenvalue weighted by Crippen LogP contribution is 2.28. The number of carbonyl (C=O) groups is 1. The summed E-state index contributed by atoms with van der Waals surface area (Å²) >= 11 is 6.30.